The van der Waals surface area contributed by atoms with Gasteiger partial charge in [0.1, 0.15) is 0 Å². The number of hydrogen-bond acceptors (Lipinski definition) is 3. The fourth-order valence-corrected chi connectivity index (χ4v) is 3.03. The highest BCUT2D eigenvalue weighted by Gasteiger charge is 2.15. The summed E-state index contributed by atoms with van der Waals surface area (Å²) in [7, 11) is 1.81. The van der Waals surface area contributed by atoms with Gasteiger partial charge in [-0.3, -0.25) is 4.79 Å². The molecule has 0 saturated heterocycles. The van der Waals surface area contributed by atoms with Crippen LogP contribution in [0.3, 0.4) is 0 Å². The van der Waals surface area contributed by atoms with Crippen LogP contribution in [0, 0.1) is 6.92 Å². The van der Waals surface area contributed by atoms with Gasteiger partial charge in [0.25, 0.3) is 5.91 Å². The molecule has 2 rings (SSSR count). The van der Waals surface area contributed by atoms with Gasteiger partial charge in [-0.2, -0.15) is 0 Å². The average Bonchev–Trinajstić information content (AvgIpc) is 2.85. The second-order valence-electron chi connectivity index (χ2n) is 4.64. The first kappa shape index (κ1) is 14.9. The van der Waals surface area contributed by atoms with Crippen molar-refractivity contribution in [1.29, 1.82) is 0 Å². The van der Waals surface area contributed by atoms with Gasteiger partial charge in [0.15, 0.2) is 0 Å². The van der Waals surface area contributed by atoms with Gasteiger partial charge in [-0.15, -0.1) is 11.3 Å². The zero-order valence-electron chi connectivity index (χ0n) is 11.7. The van der Waals surface area contributed by atoms with Gasteiger partial charge in [-0.05, 0) is 38.1 Å². The lowest BCUT2D eigenvalue weighted by molar-refractivity contribution is 0.0941. The Kier molecular flexibility index (Phi) is 4.68. The van der Waals surface area contributed by atoms with Crippen molar-refractivity contribution in [2.24, 2.45) is 0 Å². The van der Waals surface area contributed by atoms with E-state index in [1.54, 1.807) is 0 Å². The van der Waals surface area contributed by atoms with Crippen molar-refractivity contribution in [2.75, 3.05) is 12.4 Å². The molecular formula is C15H17ClN2OS. The number of halogens is 1. The molecular weight excluding hydrogens is 292 g/mol. The molecule has 0 saturated carbocycles. The summed E-state index contributed by atoms with van der Waals surface area (Å²) in [5.74, 6) is -0.0879. The maximum absolute atomic E-state index is 12.4. The molecule has 1 aromatic carbocycles. The van der Waals surface area contributed by atoms with E-state index in [4.69, 9.17) is 11.6 Å². The SMILES string of the molecule is CNc1ccc(C)cc1C(=O)NC(C)c1ccc(Cl)s1. The third-order valence-electron chi connectivity index (χ3n) is 3.06. The highest BCUT2D eigenvalue weighted by molar-refractivity contribution is 7.16. The van der Waals surface area contributed by atoms with Crippen molar-refractivity contribution in [3.8, 4) is 0 Å². The van der Waals surface area contributed by atoms with Crippen molar-refractivity contribution in [3.63, 3.8) is 0 Å². The molecule has 3 nitrogen and oxygen atoms in total. The number of hydrogen-bond donors (Lipinski definition) is 2. The van der Waals surface area contributed by atoms with Crippen LogP contribution in [0.15, 0.2) is 30.3 Å². The summed E-state index contributed by atoms with van der Waals surface area (Å²) < 4.78 is 0.729. The molecule has 1 heterocycles. The van der Waals surface area contributed by atoms with Crippen LogP contribution < -0.4 is 10.6 Å². The highest BCUT2D eigenvalue weighted by Crippen LogP contribution is 2.27. The molecule has 1 unspecified atom stereocenters. The molecule has 0 bridgehead atoms. The van der Waals surface area contributed by atoms with Gasteiger partial charge in [0.05, 0.1) is 15.9 Å². The molecule has 20 heavy (non-hydrogen) atoms. The minimum atomic E-state index is -0.0879. The third kappa shape index (κ3) is 3.32. The van der Waals surface area contributed by atoms with Gasteiger partial charge < -0.3 is 10.6 Å². The van der Waals surface area contributed by atoms with Crippen molar-refractivity contribution >= 4 is 34.5 Å². The van der Waals surface area contributed by atoms with Crippen LogP contribution in [-0.4, -0.2) is 13.0 Å². The van der Waals surface area contributed by atoms with E-state index in [9.17, 15) is 4.79 Å². The molecule has 0 aliphatic carbocycles. The predicted octanol–water partition coefficient (Wildman–Crippen LogP) is 4.24. The number of carbonyl (C=O) groups is 1. The van der Waals surface area contributed by atoms with Crippen molar-refractivity contribution < 1.29 is 4.79 Å². The first-order valence-corrected chi connectivity index (χ1v) is 7.55. The first-order chi connectivity index (χ1) is 9.51. The van der Waals surface area contributed by atoms with Crippen LogP contribution in [0.4, 0.5) is 5.69 Å². The quantitative estimate of drug-likeness (QED) is 0.887. The number of benzene rings is 1. The Hall–Kier alpha value is -1.52. The first-order valence-electron chi connectivity index (χ1n) is 6.35. The number of carbonyl (C=O) groups excluding carboxylic acids is 1. The molecule has 0 radical (unpaired) electrons. The van der Waals surface area contributed by atoms with E-state index in [0.717, 1.165) is 20.5 Å². The Morgan fingerprint density at radius 2 is 2.05 bits per heavy atom. The Labute approximate surface area is 128 Å². The number of rotatable bonds is 4. The number of amides is 1. The lowest BCUT2D eigenvalue weighted by atomic mass is 10.1. The average molecular weight is 309 g/mol. The molecule has 2 N–H and O–H groups in total. The second-order valence-corrected chi connectivity index (χ2v) is 6.38. The number of nitrogens with one attached hydrogen (secondary N) is 2. The number of aryl methyl sites for hydroxylation is 1. The minimum Gasteiger partial charge on any atom is -0.387 e. The number of anilines is 1. The maximum atomic E-state index is 12.4. The molecule has 0 fully saturated rings. The van der Waals surface area contributed by atoms with Crippen molar-refractivity contribution in [1.82, 2.24) is 5.32 Å². The molecule has 1 aromatic heterocycles. The summed E-state index contributed by atoms with van der Waals surface area (Å²) in [4.78, 5) is 13.4. The minimum absolute atomic E-state index is 0.0646. The summed E-state index contributed by atoms with van der Waals surface area (Å²) >= 11 is 7.40. The molecule has 2 aromatic rings. The van der Waals surface area contributed by atoms with E-state index in [1.165, 1.54) is 11.3 Å². The Balaban J connectivity index is 2.18. The molecule has 0 aliphatic rings. The Morgan fingerprint density at radius 3 is 2.65 bits per heavy atom. The fourth-order valence-electron chi connectivity index (χ4n) is 1.97. The monoisotopic (exact) mass is 308 g/mol. The Morgan fingerprint density at radius 1 is 1.30 bits per heavy atom. The lowest BCUT2D eigenvalue weighted by Crippen LogP contribution is -2.26. The van der Waals surface area contributed by atoms with E-state index in [-0.39, 0.29) is 11.9 Å². The third-order valence-corrected chi connectivity index (χ3v) is 4.47. The number of thiophene rings is 1. The summed E-state index contributed by atoms with van der Waals surface area (Å²) in [6.45, 7) is 3.92. The van der Waals surface area contributed by atoms with Crippen LogP contribution in [-0.2, 0) is 0 Å². The van der Waals surface area contributed by atoms with E-state index in [1.807, 2.05) is 51.2 Å². The topological polar surface area (TPSA) is 41.1 Å². The van der Waals surface area contributed by atoms with E-state index in [0.29, 0.717) is 5.56 Å². The smallest absolute Gasteiger partial charge is 0.253 e. The molecule has 0 spiro atoms. The zero-order chi connectivity index (χ0) is 14.7. The van der Waals surface area contributed by atoms with Gasteiger partial charge in [-0.25, -0.2) is 0 Å². The summed E-state index contributed by atoms with van der Waals surface area (Å²) in [6, 6.07) is 9.49. The van der Waals surface area contributed by atoms with Crippen LogP contribution in [0.5, 0.6) is 0 Å². The van der Waals surface area contributed by atoms with E-state index < -0.39 is 0 Å². The highest BCUT2D eigenvalue weighted by atomic mass is 35.5. The molecule has 106 valence electrons. The maximum Gasteiger partial charge on any atom is 0.253 e. The van der Waals surface area contributed by atoms with Gasteiger partial charge in [-0.1, -0.05) is 23.2 Å². The standard InChI is InChI=1S/C15H17ClN2OS/c1-9-4-5-12(17-3)11(8-9)15(19)18-10(2)13-6-7-14(16)20-13/h4-8,10,17H,1-3H3,(H,18,19). The fraction of sp³-hybridized carbons (Fsp3) is 0.267. The van der Waals surface area contributed by atoms with Crippen molar-refractivity contribution in [3.05, 3.63) is 50.7 Å². The largest absolute Gasteiger partial charge is 0.387 e. The van der Waals surface area contributed by atoms with Crippen LogP contribution >= 0.6 is 22.9 Å². The van der Waals surface area contributed by atoms with E-state index >= 15 is 0 Å². The molecule has 1 amide bonds. The van der Waals surface area contributed by atoms with Gasteiger partial charge in [0, 0.05) is 17.6 Å². The molecule has 0 aliphatic heterocycles. The van der Waals surface area contributed by atoms with Crippen LogP contribution in [0.2, 0.25) is 4.34 Å². The second kappa shape index (κ2) is 6.29. The Bertz CT molecular complexity index is 624. The van der Waals surface area contributed by atoms with Gasteiger partial charge >= 0.3 is 0 Å². The molecule has 5 heteroatoms. The zero-order valence-corrected chi connectivity index (χ0v) is 13.2. The van der Waals surface area contributed by atoms with E-state index in [2.05, 4.69) is 10.6 Å². The van der Waals surface area contributed by atoms with Crippen LogP contribution in [0.25, 0.3) is 0 Å². The summed E-state index contributed by atoms with van der Waals surface area (Å²) in [6.07, 6.45) is 0. The van der Waals surface area contributed by atoms with Gasteiger partial charge in [0.2, 0.25) is 0 Å². The van der Waals surface area contributed by atoms with Crippen LogP contribution in [0.1, 0.15) is 33.8 Å². The molecule has 1 atom stereocenters. The predicted molar refractivity (Wildman–Crippen MR) is 85.9 cm³/mol. The summed E-state index contributed by atoms with van der Waals surface area (Å²) in [5, 5.41) is 6.04. The normalized spacial score (nSPS) is 12.0. The summed E-state index contributed by atoms with van der Waals surface area (Å²) in [5.41, 5.74) is 2.53. The van der Waals surface area contributed by atoms with Crippen molar-refractivity contribution in [2.45, 2.75) is 19.9 Å². The lowest BCUT2D eigenvalue weighted by Gasteiger charge is -2.15.